The van der Waals surface area contributed by atoms with Crippen molar-refractivity contribution in [2.24, 2.45) is 5.92 Å². The van der Waals surface area contributed by atoms with Crippen LogP contribution < -0.4 is 14.8 Å². The summed E-state index contributed by atoms with van der Waals surface area (Å²) in [5, 5.41) is 11.5. The summed E-state index contributed by atoms with van der Waals surface area (Å²) in [6.45, 7) is 4.58. The van der Waals surface area contributed by atoms with Crippen LogP contribution >= 0.6 is 23.1 Å². The highest BCUT2D eigenvalue weighted by molar-refractivity contribution is 8.01. The van der Waals surface area contributed by atoms with Crippen molar-refractivity contribution in [1.29, 1.82) is 0 Å². The van der Waals surface area contributed by atoms with Crippen LogP contribution in [0.1, 0.15) is 25.8 Å². The lowest BCUT2D eigenvalue weighted by molar-refractivity contribution is -0.116. The first-order valence-corrected chi connectivity index (χ1v) is 9.55. The average Bonchev–Trinajstić information content (AvgIpc) is 3.19. The van der Waals surface area contributed by atoms with Crippen LogP contribution in [0.5, 0.6) is 11.5 Å². The molecule has 2 aromatic rings. The third-order valence-electron chi connectivity index (χ3n) is 3.27. The fourth-order valence-electron chi connectivity index (χ4n) is 2.09. The Morgan fingerprint density at radius 2 is 2.17 bits per heavy atom. The Hall–Kier alpha value is -1.80. The molecule has 24 heavy (non-hydrogen) atoms. The molecular formula is C16H19N3O3S2. The van der Waals surface area contributed by atoms with Gasteiger partial charge in [-0.25, -0.2) is 0 Å². The molecule has 1 aliphatic rings. The zero-order valence-corrected chi connectivity index (χ0v) is 15.2. The maximum atomic E-state index is 12.1. The van der Waals surface area contributed by atoms with Crippen molar-refractivity contribution >= 4 is 34.1 Å². The molecule has 0 fully saturated rings. The van der Waals surface area contributed by atoms with Gasteiger partial charge in [0.25, 0.3) is 0 Å². The van der Waals surface area contributed by atoms with E-state index in [0.717, 1.165) is 27.2 Å². The molecule has 1 aliphatic heterocycles. The van der Waals surface area contributed by atoms with Gasteiger partial charge in [-0.05, 0) is 30.0 Å². The van der Waals surface area contributed by atoms with E-state index < -0.39 is 0 Å². The molecule has 1 aromatic carbocycles. The molecule has 2 heterocycles. The number of thioether (sulfide) groups is 1. The fourth-order valence-corrected chi connectivity index (χ4v) is 3.84. The number of carbonyl (C=O) groups excluding carboxylic acids is 1. The van der Waals surface area contributed by atoms with E-state index in [1.165, 1.54) is 11.3 Å². The van der Waals surface area contributed by atoms with Gasteiger partial charge in [0, 0.05) is 12.2 Å². The smallest absolute Gasteiger partial charge is 0.231 e. The summed E-state index contributed by atoms with van der Waals surface area (Å²) in [6.07, 6.45) is 1.02. The molecule has 1 N–H and O–H groups in total. The third-order valence-corrected chi connectivity index (χ3v) is 5.67. The van der Waals surface area contributed by atoms with E-state index in [0.29, 0.717) is 23.9 Å². The zero-order chi connectivity index (χ0) is 16.9. The summed E-state index contributed by atoms with van der Waals surface area (Å²) in [6, 6.07) is 5.74. The van der Waals surface area contributed by atoms with Crippen LogP contribution in [0.2, 0.25) is 0 Å². The van der Waals surface area contributed by atoms with Crippen molar-refractivity contribution in [3.63, 3.8) is 0 Å². The molecular weight excluding hydrogens is 346 g/mol. The molecule has 0 atom stereocenters. The molecule has 6 nitrogen and oxygen atoms in total. The summed E-state index contributed by atoms with van der Waals surface area (Å²) < 4.78 is 11.5. The number of rotatable bonds is 7. The Balaban J connectivity index is 1.47. The number of aryl methyl sites for hydroxylation is 1. The molecule has 1 aromatic heterocycles. The number of anilines is 1. The van der Waals surface area contributed by atoms with Gasteiger partial charge in [-0.1, -0.05) is 43.0 Å². The predicted molar refractivity (Wildman–Crippen MR) is 95.0 cm³/mol. The zero-order valence-electron chi connectivity index (χ0n) is 13.6. The van der Waals surface area contributed by atoms with E-state index in [2.05, 4.69) is 29.4 Å². The molecule has 0 bridgehead atoms. The molecule has 0 saturated heterocycles. The van der Waals surface area contributed by atoms with Crippen LogP contribution in [0.4, 0.5) is 5.13 Å². The maximum Gasteiger partial charge on any atom is 0.231 e. The lowest BCUT2D eigenvalue weighted by Crippen LogP contribution is -2.12. The number of nitrogens with zero attached hydrogens (tertiary/aromatic N) is 2. The van der Waals surface area contributed by atoms with Crippen LogP contribution in [0.3, 0.4) is 0 Å². The third kappa shape index (κ3) is 4.61. The number of hydrogen-bond acceptors (Lipinski definition) is 7. The van der Waals surface area contributed by atoms with E-state index in [1.54, 1.807) is 11.8 Å². The molecule has 3 rings (SSSR count). The van der Waals surface area contributed by atoms with E-state index in [-0.39, 0.29) is 12.7 Å². The second kappa shape index (κ2) is 7.85. The van der Waals surface area contributed by atoms with Gasteiger partial charge < -0.3 is 14.8 Å². The number of nitrogens with one attached hydrogen (secondary N) is 1. The van der Waals surface area contributed by atoms with Gasteiger partial charge >= 0.3 is 0 Å². The van der Waals surface area contributed by atoms with Crippen molar-refractivity contribution in [3.05, 3.63) is 23.8 Å². The highest BCUT2D eigenvalue weighted by atomic mass is 32.2. The number of fused-ring (bicyclic) bond motifs is 1. The lowest BCUT2D eigenvalue weighted by atomic mass is 10.1. The molecule has 128 valence electrons. The molecule has 0 aliphatic carbocycles. The van der Waals surface area contributed by atoms with Crippen molar-refractivity contribution < 1.29 is 14.3 Å². The number of hydrogen-bond donors (Lipinski definition) is 1. The molecule has 1 amide bonds. The summed E-state index contributed by atoms with van der Waals surface area (Å²) in [5.74, 6) is 3.02. The minimum atomic E-state index is -0.0655. The number of amides is 1. The highest BCUT2D eigenvalue weighted by Gasteiger charge is 2.14. The fraction of sp³-hybridized carbons (Fsp3) is 0.438. The maximum absolute atomic E-state index is 12.1. The summed E-state index contributed by atoms with van der Waals surface area (Å²) in [5.41, 5.74) is 1.04. The van der Waals surface area contributed by atoms with Crippen LogP contribution in [0, 0.1) is 5.92 Å². The van der Waals surface area contributed by atoms with E-state index in [4.69, 9.17) is 9.47 Å². The van der Waals surface area contributed by atoms with Crippen LogP contribution in [-0.2, 0) is 11.2 Å². The Morgan fingerprint density at radius 1 is 1.33 bits per heavy atom. The standard InChI is InChI=1S/C16H19N3O3S2/c1-10(2)8-23-16-19-18-15(24-16)17-14(20)6-4-11-3-5-12-13(7-11)22-9-21-12/h3,5,7,10H,4,6,8-9H2,1-2H3,(H,17,18,20). The number of benzene rings is 1. The average molecular weight is 365 g/mol. The quantitative estimate of drug-likeness (QED) is 0.597. The van der Waals surface area contributed by atoms with Crippen molar-refractivity contribution in [3.8, 4) is 11.5 Å². The monoisotopic (exact) mass is 365 g/mol. The van der Waals surface area contributed by atoms with Gasteiger partial charge in [-0.3, -0.25) is 4.79 Å². The van der Waals surface area contributed by atoms with E-state index in [9.17, 15) is 4.79 Å². The Morgan fingerprint density at radius 3 is 3.00 bits per heavy atom. The van der Waals surface area contributed by atoms with Gasteiger partial charge in [-0.2, -0.15) is 0 Å². The number of aromatic nitrogens is 2. The molecule has 0 saturated carbocycles. The van der Waals surface area contributed by atoms with E-state index in [1.807, 2.05) is 18.2 Å². The van der Waals surface area contributed by atoms with Crippen LogP contribution in [0.15, 0.2) is 22.5 Å². The highest BCUT2D eigenvalue weighted by Crippen LogP contribution is 2.33. The minimum absolute atomic E-state index is 0.0655. The first-order valence-electron chi connectivity index (χ1n) is 7.75. The normalized spacial score (nSPS) is 12.6. The van der Waals surface area contributed by atoms with Gasteiger partial charge in [0.1, 0.15) is 0 Å². The molecule has 0 radical (unpaired) electrons. The van der Waals surface area contributed by atoms with Crippen molar-refractivity contribution in [1.82, 2.24) is 10.2 Å². The largest absolute Gasteiger partial charge is 0.454 e. The van der Waals surface area contributed by atoms with E-state index >= 15 is 0 Å². The Bertz CT molecular complexity index is 718. The summed E-state index contributed by atoms with van der Waals surface area (Å²) in [4.78, 5) is 12.1. The topological polar surface area (TPSA) is 73.3 Å². The molecule has 8 heteroatoms. The van der Waals surface area contributed by atoms with Gasteiger partial charge in [0.2, 0.25) is 17.8 Å². The number of ether oxygens (including phenoxy) is 2. The summed E-state index contributed by atoms with van der Waals surface area (Å²) >= 11 is 3.08. The Kier molecular flexibility index (Phi) is 5.57. The second-order valence-corrected chi connectivity index (χ2v) is 8.06. The first kappa shape index (κ1) is 17.0. The van der Waals surface area contributed by atoms with Crippen LogP contribution in [0.25, 0.3) is 0 Å². The van der Waals surface area contributed by atoms with Crippen molar-refractivity contribution in [2.75, 3.05) is 17.9 Å². The minimum Gasteiger partial charge on any atom is -0.454 e. The predicted octanol–water partition coefficient (Wildman–Crippen LogP) is 3.59. The Labute approximate surface area is 149 Å². The second-order valence-electron chi connectivity index (χ2n) is 5.81. The molecule has 0 unspecified atom stereocenters. The SMILES string of the molecule is CC(C)CSc1nnc(NC(=O)CCc2ccc3c(c2)OCO3)s1. The van der Waals surface area contributed by atoms with Gasteiger partial charge in [0.05, 0.1) is 0 Å². The lowest BCUT2D eigenvalue weighted by Gasteiger charge is -2.03. The summed E-state index contributed by atoms with van der Waals surface area (Å²) in [7, 11) is 0. The first-order chi connectivity index (χ1) is 11.6. The van der Waals surface area contributed by atoms with Crippen LogP contribution in [-0.4, -0.2) is 28.7 Å². The number of carbonyl (C=O) groups is 1. The van der Waals surface area contributed by atoms with Crippen molar-refractivity contribution in [2.45, 2.75) is 31.0 Å². The van der Waals surface area contributed by atoms with Gasteiger partial charge in [0.15, 0.2) is 15.8 Å². The van der Waals surface area contributed by atoms with Gasteiger partial charge in [-0.15, -0.1) is 10.2 Å². The molecule has 0 spiro atoms.